The van der Waals surface area contributed by atoms with Crippen molar-refractivity contribution in [3.05, 3.63) is 34.9 Å². The van der Waals surface area contributed by atoms with Gasteiger partial charge >= 0.3 is 0 Å². The summed E-state index contributed by atoms with van der Waals surface area (Å²) in [6, 6.07) is 0. The zero-order valence-electron chi connectivity index (χ0n) is 13.4. The maximum Gasteiger partial charge on any atom is 0.210 e. The Balaban J connectivity index is 0. The Labute approximate surface area is 118 Å². The Morgan fingerprint density at radius 2 is 1.89 bits per heavy atom. The maximum atomic E-state index is 10.6. The molecule has 1 amide bonds. The first-order chi connectivity index (χ1) is 9.17. The minimum atomic E-state index is 0.776. The van der Waals surface area contributed by atoms with Gasteiger partial charge < -0.3 is 10.6 Å². The molecule has 110 valence electrons. The highest BCUT2D eigenvalue weighted by Gasteiger charge is 2.12. The van der Waals surface area contributed by atoms with Crippen LogP contribution in [0.5, 0.6) is 0 Å². The van der Waals surface area contributed by atoms with Gasteiger partial charge in [0.05, 0.1) is 0 Å². The van der Waals surface area contributed by atoms with Gasteiger partial charge in [0, 0.05) is 13.1 Å². The van der Waals surface area contributed by atoms with E-state index >= 15 is 0 Å². The Hall–Kier alpha value is -1.35. The van der Waals surface area contributed by atoms with E-state index in [1.807, 2.05) is 25.7 Å². The van der Waals surface area contributed by atoms with Crippen LogP contribution in [-0.4, -0.2) is 31.4 Å². The number of amides is 1. The average Bonchev–Trinajstić information content (AvgIpc) is 2.49. The van der Waals surface area contributed by atoms with E-state index in [2.05, 4.69) is 37.8 Å². The van der Waals surface area contributed by atoms with E-state index in [0.29, 0.717) is 0 Å². The fourth-order valence-electron chi connectivity index (χ4n) is 1.61. The van der Waals surface area contributed by atoms with E-state index < -0.39 is 0 Å². The van der Waals surface area contributed by atoms with Gasteiger partial charge in [-0.1, -0.05) is 43.2 Å². The van der Waals surface area contributed by atoms with Crippen molar-refractivity contribution >= 4 is 6.41 Å². The molecule has 0 saturated carbocycles. The average molecular weight is 266 g/mol. The third-order valence-corrected chi connectivity index (χ3v) is 2.81. The van der Waals surface area contributed by atoms with Crippen LogP contribution >= 0.6 is 0 Å². The Morgan fingerprint density at radius 3 is 2.32 bits per heavy atom. The molecule has 0 aliphatic carbocycles. The van der Waals surface area contributed by atoms with E-state index in [4.69, 9.17) is 0 Å². The van der Waals surface area contributed by atoms with Crippen molar-refractivity contribution in [3.63, 3.8) is 0 Å². The fourth-order valence-corrected chi connectivity index (χ4v) is 1.61. The Bertz CT molecular complexity index is 328. The molecule has 0 bridgehead atoms. The zero-order chi connectivity index (χ0) is 15.3. The number of hydrogen-bond donors (Lipinski definition) is 1. The van der Waals surface area contributed by atoms with Gasteiger partial charge in [-0.2, -0.15) is 0 Å². The molecule has 0 aromatic rings. The summed E-state index contributed by atoms with van der Waals surface area (Å²) < 4.78 is 0. The molecule has 0 atom stereocenters. The summed E-state index contributed by atoms with van der Waals surface area (Å²) in [7, 11) is 1.50. The standard InChI is InChI=1S/C13H19NO.C2H6.CH5N/c1-4-11(2)5-6-13-7-8-14(10-15)9-12(13)3;2*1-2/h4-6,10H,7-9H2,1-3H3;1-2H3;2H2,1H3/b6-5-,11-4-;;. The summed E-state index contributed by atoms with van der Waals surface area (Å²) >= 11 is 0. The Kier molecular flexibility index (Phi) is 13.8. The lowest BCUT2D eigenvalue weighted by atomic mass is 10.0. The smallest absolute Gasteiger partial charge is 0.210 e. The van der Waals surface area contributed by atoms with Gasteiger partial charge in [-0.15, -0.1) is 0 Å². The van der Waals surface area contributed by atoms with Crippen molar-refractivity contribution in [2.24, 2.45) is 5.73 Å². The second kappa shape index (κ2) is 13.1. The van der Waals surface area contributed by atoms with E-state index in [1.54, 1.807) is 0 Å². The van der Waals surface area contributed by atoms with Gasteiger partial charge in [0.15, 0.2) is 0 Å². The van der Waals surface area contributed by atoms with E-state index in [0.717, 1.165) is 25.9 Å². The lowest BCUT2D eigenvalue weighted by Crippen LogP contribution is -2.29. The third kappa shape index (κ3) is 8.38. The van der Waals surface area contributed by atoms with Crippen LogP contribution in [0, 0.1) is 0 Å². The molecule has 1 rings (SSSR count). The van der Waals surface area contributed by atoms with Gasteiger partial charge in [-0.05, 0) is 39.8 Å². The predicted octanol–water partition coefficient (Wildman–Crippen LogP) is 3.29. The molecule has 1 aliphatic rings. The molecule has 1 aliphatic heterocycles. The summed E-state index contributed by atoms with van der Waals surface area (Å²) in [5, 5.41) is 0. The highest BCUT2D eigenvalue weighted by Crippen LogP contribution is 2.18. The Morgan fingerprint density at radius 1 is 1.32 bits per heavy atom. The molecule has 0 spiro atoms. The summed E-state index contributed by atoms with van der Waals surface area (Å²) in [4.78, 5) is 12.4. The van der Waals surface area contributed by atoms with Crippen molar-refractivity contribution in [1.29, 1.82) is 0 Å². The van der Waals surface area contributed by atoms with Gasteiger partial charge in [0.2, 0.25) is 6.41 Å². The number of rotatable bonds is 3. The van der Waals surface area contributed by atoms with Crippen LogP contribution in [0.4, 0.5) is 0 Å². The van der Waals surface area contributed by atoms with Crippen molar-refractivity contribution < 1.29 is 4.79 Å². The topological polar surface area (TPSA) is 46.3 Å². The molecule has 19 heavy (non-hydrogen) atoms. The SMILES string of the molecule is C/C=C(C)\C=C/C1=C(C)CN(C=O)CC1.CC.CN. The molecular formula is C16H30N2O. The number of nitrogens with zero attached hydrogens (tertiary/aromatic N) is 1. The molecular weight excluding hydrogens is 236 g/mol. The summed E-state index contributed by atoms with van der Waals surface area (Å²) in [5.41, 5.74) is 8.44. The monoisotopic (exact) mass is 266 g/mol. The van der Waals surface area contributed by atoms with E-state index in [9.17, 15) is 4.79 Å². The highest BCUT2D eigenvalue weighted by molar-refractivity contribution is 5.49. The largest absolute Gasteiger partial charge is 0.341 e. The van der Waals surface area contributed by atoms with Gasteiger partial charge in [-0.25, -0.2) is 0 Å². The quantitative estimate of drug-likeness (QED) is 0.629. The first-order valence-electron chi connectivity index (χ1n) is 6.94. The van der Waals surface area contributed by atoms with E-state index in [1.165, 1.54) is 23.8 Å². The second-order valence-corrected chi connectivity index (χ2v) is 4.00. The lowest BCUT2D eigenvalue weighted by molar-refractivity contribution is -0.117. The summed E-state index contributed by atoms with van der Waals surface area (Å²) in [6.45, 7) is 11.8. The van der Waals surface area contributed by atoms with Crippen LogP contribution in [0.25, 0.3) is 0 Å². The minimum Gasteiger partial charge on any atom is -0.341 e. The molecule has 0 aromatic carbocycles. The van der Waals surface area contributed by atoms with Crippen molar-refractivity contribution in [2.75, 3.05) is 20.1 Å². The molecule has 0 radical (unpaired) electrons. The van der Waals surface area contributed by atoms with Crippen molar-refractivity contribution in [2.45, 2.75) is 41.0 Å². The van der Waals surface area contributed by atoms with Crippen LogP contribution in [0.1, 0.15) is 41.0 Å². The number of allylic oxidation sites excluding steroid dienone is 4. The molecule has 1 heterocycles. The van der Waals surface area contributed by atoms with Crippen molar-refractivity contribution in [3.8, 4) is 0 Å². The van der Waals surface area contributed by atoms with Crippen LogP contribution in [0.2, 0.25) is 0 Å². The summed E-state index contributed by atoms with van der Waals surface area (Å²) in [6.07, 6.45) is 8.30. The maximum absolute atomic E-state index is 10.6. The first kappa shape index (κ1) is 20.0. The second-order valence-electron chi connectivity index (χ2n) is 4.00. The predicted molar refractivity (Wildman–Crippen MR) is 85.0 cm³/mol. The molecule has 2 N–H and O–H groups in total. The van der Waals surface area contributed by atoms with Crippen LogP contribution < -0.4 is 5.73 Å². The lowest BCUT2D eigenvalue weighted by Gasteiger charge is -2.25. The van der Waals surface area contributed by atoms with Crippen LogP contribution in [0.15, 0.2) is 34.9 Å². The molecule has 0 unspecified atom stereocenters. The summed E-state index contributed by atoms with van der Waals surface area (Å²) in [5.74, 6) is 0. The van der Waals surface area contributed by atoms with Gasteiger partial charge in [0.25, 0.3) is 0 Å². The molecule has 0 fully saturated rings. The number of carbonyl (C=O) groups excluding carboxylic acids is 1. The van der Waals surface area contributed by atoms with Gasteiger partial charge in [-0.3, -0.25) is 4.79 Å². The van der Waals surface area contributed by atoms with Crippen molar-refractivity contribution in [1.82, 2.24) is 4.90 Å². The highest BCUT2D eigenvalue weighted by atomic mass is 16.1. The minimum absolute atomic E-state index is 0.776. The fraction of sp³-hybridized carbons (Fsp3) is 0.562. The third-order valence-electron chi connectivity index (χ3n) is 2.81. The van der Waals surface area contributed by atoms with Gasteiger partial charge in [0.1, 0.15) is 0 Å². The molecule has 0 aromatic heterocycles. The number of carbonyl (C=O) groups is 1. The van der Waals surface area contributed by atoms with Crippen LogP contribution in [-0.2, 0) is 4.79 Å². The van der Waals surface area contributed by atoms with Crippen LogP contribution in [0.3, 0.4) is 0 Å². The normalized spacial score (nSPS) is 15.5. The van der Waals surface area contributed by atoms with E-state index in [-0.39, 0.29) is 0 Å². The first-order valence-corrected chi connectivity index (χ1v) is 6.94. The molecule has 3 nitrogen and oxygen atoms in total. The molecule has 0 saturated heterocycles. The number of nitrogens with two attached hydrogens (primary N) is 1. The zero-order valence-corrected chi connectivity index (χ0v) is 13.4. The number of hydrogen-bond acceptors (Lipinski definition) is 2. The molecule has 3 heteroatoms.